The van der Waals surface area contributed by atoms with Crippen LogP contribution >= 0.6 is 0 Å². The lowest BCUT2D eigenvalue weighted by Gasteiger charge is -2.05. The number of nitrogens with two attached hydrogens (primary N) is 1. The van der Waals surface area contributed by atoms with E-state index in [0.717, 1.165) is 18.5 Å². The van der Waals surface area contributed by atoms with Crippen molar-refractivity contribution in [1.82, 2.24) is 15.2 Å². The molecule has 0 radical (unpaired) electrons. The van der Waals surface area contributed by atoms with E-state index in [1.807, 2.05) is 13.8 Å². The van der Waals surface area contributed by atoms with Gasteiger partial charge in [-0.15, -0.1) is 0 Å². The Hall–Kier alpha value is -2.57. The van der Waals surface area contributed by atoms with E-state index in [2.05, 4.69) is 20.5 Å². The molecule has 7 heteroatoms. The smallest absolute Gasteiger partial charge is 0.278 e. The minimum atomic E-state index is -0.364. The number of ether oxygens (including phenoxy) is 1. The number of H-pyrrole nitrogens is 1. The summed E-state index contributed by atoms with van der Waals surface area (Å²) in [5, 5.41) is 9.47. The van der Waals surface area contributed by atoms with E-state index in [4.69, 9.17) is 10.5 Å². The van der Waals surface area contributed by atoms with E-state index in [1.165, 1.54) is 6.20 Å². The number of carbonyl (C=O) groups is 1. The molecule has 0 atom stereocenters. The highest BCUT2D eigenvalue weighted by Crippen LogP contribution is 2.18. The van der Waals surface area contributed by atoms with Gasteiger partial charge >= 0.3 is 0 Å². The van der Waals surface area contributed by atoms with Crippen LogP contribution in [0.3, 0.4) is 0 Å². The Morgan fingerprint density at radius 3 is 2.86 bits per heavy atom. The molecule has 2 rings (SSSR count). The molecule has 0 saturated carbocycles. The second-order valence-corrected chi connectivity index (χ2v) is 4.49. The molecular weight excluding hydrogens is 270 g/mol. The molecule has 112 valence electrons. The van der Waals surface area contributed by atoms with Crippen LogP contribution in [0.25, 0.3) is 0 Å². The number of anilines is 2. The predicted molar refractivity (Wildman–Crippen MR) is 80.4 cm³/mol. The highest BCUT2D eigenvalue weighted by atomic mass is 16.5. The van der Waals surface area contributed by atoms with Gasteiger partial charge < -0.3 is 15.8 Å². The second kappa shape index (κ2) is 6.74. The maximum absolute atomic E-state index is 12.1. The zero-order valence-corrected chi connectivity index (χ0v) is 12.1. The zero-order chi connectivity index (χ0) is 15.2. The van der Waals surface area contributed by atoms with Crippen molar-refractivity contribution in [2.24, 2.45) is 0 Å². The minimum Gasteiger partial charge on any atom is -0.478 e. The van der Waals surface area contributed by atoms with Gasteiger partial charge in [-0.05, 0) is 19.4 Å². The summed E-state index contributed by atoms with van der Waals surface area (Å²) in [4.78, 5) is 16.2. The standard InChI is InChI=1S/C14H19N5O2/c1-3-5-10-12(15)13(19-18-10)14(20)17-9-6-7-11(16-8-9)21-4-2/h6-8H,3-5,15H2,1-2H3,(H,17,20)(H,18,19). The highest BCUT2D eigenvalue weighted by molar-refractivity contribution is 6.06. The van der Waals surface area contributed by atoms with Gasteiger partial charge in [0.1, 0.15) is 0 Å². The van der Waals surface area contributed by atoms with Crippen molar-refractivity contribution in [2.75, 3.05) is 17.7 Å². The Bertz CT molecular complexity index is 606. The van der Waals surface area contributed by atoms with Crippen LogP contribution in [-0.2, 0) is 6.42 Å². The summed E-state index contributed by atoms with van der Waals surface area (Å²) < 4.78 is 5.24. The number of aromatic nitrogens is 3. The molecule has 0 unspecified atom stereocenters. The van der Waals surface area contributed by atoms with Crippen LogP contribution in [0.2, 0.25) is 0 Å². The average Bonchev–Trinajstić information content (AvgIpc) is 2.83. The summed E-state index contributed by atoms with van der Waals surface area (Å²) in [6.45, 7) is 4.46. The lowest BCUT2D eigenvalue weighted by Crippen LogP contribution is -2.14. The largest absolute Gasteiger partial charge is 0.478 e. The van der Waals surface area contributed by atoms with Crippen molar-refractivity contribution >= 4 is 17.3 Å². The van der Waals surface area contributed by atoms with Crippen LogP contribution in [0.4, 0.5) is 11.4 Å². The number of hydrogen-bond donors (Lipinski definition) is 3. The number of nitrogen functional groups attached to an aromatic ring is 1. The van der Waals surface area contributed by atoms with Gasteiger partial charge in [0.2, 0.25) is 5.88 Å². The minimum absolute atomic E-state index is 0.201. The number of hydrogen-bond acceptors (Lipinski definition) is 5. The predicted octanol–water partition coefficient (Wildman–Crippen LogP) is 1.99. The van der Waals surface area contributed by atoms with Gasteiger partial charge in [0.15, 0.2) is 5.69 Å². The fourth-order valence-electron chi connectivity index (χ4n) is 1.88. The number of carbonyl (C=O) groups excluding carboxylic acids is 1. The van der Waals surface area contributed by atoms with Crippen molar-refractivity contribution in [1.29, 1.82) is 0 Å². The molecule has 0 aliphatic heterocycles. The van der Waals surface area contributed by atoms with Crippen LogP contribution in [0, 0.1) is 0 Å². The Balaban J connectivity index is 2.07. The van der Waals surface area contributed by atoms with Crippen LogP contribution in [0.15, 0.2) is 18.3 Å². The van der Waals surface area contributed by atoms with Crippen LogP contribution < -0.4 is 15.8 Å². The Morgan fingerprint density at radius 1 is 1.43 bits per heavy atom. The normalized spacial score (nSPS) is 10.4. The summed E-state index contributed by atoms with van der Waals surface area (Å²) >= 11 is 0. The summed E-state index contributed by atoms with van der Waals surface area (Å²) in [6, 6.07) is 3.40. The number of nitrogens with zero attached hydrogens (tertiary/aromatic N) is 2. The maximum Gasteiger partial charge on any atom is 0.278 e. The third kappa shape index (κ3) is 3.50. The molecule has 2 aromatic rings. The highest BCUT2D eigenvalue weighted by Gasteiger charge is 2.17. The van der Waals surface area contributed by atoms with E-state index in [9.17, 15) is 4.79 Å². The monoisotopic (exact) mass is 289 g/mol. The van der Waals surface area contributed by atoms with Gasteiger partial charge in [-0.25, -0.2) is 4.98 Å². The molecule has 0 spiro atoms. The fourth-order valence-corrected chi connectivity index (χ4v) is 1.88. The summed E-state index contributed by atoms with van der Waals surface area (Å²) in [5.74, 6) is 0.150. The lowest BCUT2D eigenvalue weighted by molar-refractivity contribution is 0.102. The van der Waals surface area contributed by atoms with E-state index >= 15 is 0 Å². The van der Waals surface area contributed by atoms with E-state index in [0.29, 0.717) is 23.9 Å². The Morgan fingerprint density at radius 2 is 2.24 bits per heavy atom. The van der Waals surface area contributed by atoms with Crippen molar-refractivity contribution < 1.29 is 9.53 Å². The average molecular weight is 289 g/mol. The first-order chi connectivity index (χ1) is 10.2. The SMILES string of the molecule is CCCc1[nH]nc(C(=O)Nc2ccc(OCC)nc2)c1N. The third-order valence-electron chi connectivity index (χ3n) is 2.88. The number of aromatic amines is 1. The topological polar surface area (TPSA) is 106 Å². The van der Waals surface area contributed by atoms with Gasteiger partial charge in [0.25, 0.3) is 5.91 Å². The number of nitrogens with one attached hydrogen (secondary N) is 2. The number of aryl methyl sites for hydroxylation is 1. The molecule has 4 N–H and O–H groups in total. The van der Waals surface area contributed by atoms with Crippen molar-refractivity contribution in [3.8, 4) is 5.88 Å². The van der Waals surface area contributed by atoms with Crippen molar-refractivity contribution in [3.63, 3.8) is 0 Å². The summed E-state index contributed by atoms with van der Waals surface area (Å²) in [7, 11) is 0. The Kier molecular flexibility index (Phi) is 4.76. The zero-order valence-electron chi connectivity index (χ0n) is 12.1. The molecule has 0 fully saturated rings. The van der Waals surface area contributed by atoms with Crippen LogP contribution in [0.1, 0.15) is 36.5 Å². The lowest BCUT2D eigenvalue weighted by atomic mass is 10.2. The van der Waals surface area contributed by atoms with Gasteiger partial charge in [0.05, 0.1) is 29.9 Å². The quantitative estimate of drug-likeness (QED) is 0.754. The van der Waals surface area contributed by atoms with Crippen LogP contribution in [0.5, 0.6) is 5.88 Å². The third-order valence-corrected chi connectivity index (χ3v) is 2.88. The Labute approximate surface area is 122 Å². The molecule has 2 aromatic heterocycles. The molecule has 7 nitrogen and oxygen atoms in total. The number of amides is 1. The van der Waals surface area contributed by atoms with Gasteiger partial charge in [-0.2, -0.15) is 5.10 Å². The molecular formula is C14H19N5O2. The number of pyridine rings is 1. The molecule has 0 saturated heterocycles. The molecule has 2 heterocycles. The van der Waals surface area contributed by atoms with Crippen molar-refractivity contribution in [3.05, 3.63) is 29.7 Å². The molecule has 0 aliphatic carbocycles. The first-order valence-electron chi connectivity index (χ1n) is 6.88. The molecule has 0 aliphatic rings. The molecule has 0 aromatic carbocycles. The van der Waals surface area contributed by atoms with E-state index in [1.54, 1.807) is 12.1 Å². The van der Waals surface area contributed by atoms with Crippen LogP contribution in [-0.4, -0.2) is 27.7 Å². The first kappa shape index (κ1) is 14.8. The summed E-state index contributed by atoms with van der Waals surface area (Å²) in [6.07, 6.45) is 3.21. The first-order valence-corrected chi connectivity index (χ1v) is 6.88. The fraction of sp³-hybridized carbons (Fsp3) is 0.357. The maximum atomic E-state index is 12.1. The van der Waals surface area contributed by atoms with E-state index < -0.39 is 0 Å². The molecule has 1 amide bonds. The van der Waals surface area contributed by atoms with Gasteiger partial charge in [0, 0.05) is 6.07 Å². The van der Waals surface area contributed by atoms with E-state index in [-0.39, 0.29) is 11.6 Å². The molecule has 0 bridgehead atoms. The van der Waals surface area contributed by atoms with Crippen molar-refractivity contribution in [2.45, 2.75) is 26.7 Å². The summed E-state index contributed by atoms with van der Waals surface area (Å²) in [5.41, 5.74) is 7.86. The molecule has 21 heavy (non-hydrogen) atoms. The van der Waals surface area contributed by atoms with Gasteiger partial charge in [-0.1, -0.05) is 13.3 Å². The van der Waals surface area contributed by atoms with Gasteiger partial charge in [-0.3, -0.25) is 9.89 Å². The number of rotatable bonds is 6. The second-order valence-electron chi connectivity index (χ2n) is 4.49.